The normalized spacial score (nSPS) is 12.3. The first-order valence-electron chi connectivity index (χ1n) is 8.24. The molecule has 0 unspecified atom stereocenters. The highest BCUT2D eigenvalue weighted by Gasteiger charge is 2.24. The van der Waals surface area contributed by atoms with Crippen molar-refractivity contribution in [2.24, 2.45) is 0 Å². The fourth-order valence-corrected chi connectivity index (χ4v) is 2.30. The van der Waals surface area contributed by atoms with E-state index < -0.39 is 23.7 Å². The SMILES string of the molecule is Cc1ccnc(-c2cc(C[C@H](NC(=O)OC(C)(C)C)C(=O)O)ccn2)c1. The number of amides is 1. The second-order valence-electron chi connectivity index (χ2n) is 7.01. The molecule has 0 aliphatic carbocycles. The molecule has 0 saturated heterocycles. The summed E-state index contributed by atoms with van der Waals surface area (Å²) in [6, 6.07) is 6.17. The number of carbonyl (C=O) groups excluding carboxylic acids is 1. The predicted molar refractivity (Wildman–Crippen MR) is 96.7 cm³/mol. The maximum atomic E-state index is 11.9. The van der Waals surface area contributed by atoms with E-state index in [1.165, 1.54) is 0 Å². The van der Waals surface area contributed by atoms with Crippen LogP contribution in [0, 0.1) is 6.92 Å². The molecule has 2 heterocycles. The molecule has 0 fully saturated rings. The maximum Gasteiger partial charge on any atom is 0.408 e. The number of aromatic nitrogens is 2. The molecular formula is C19H23N3O4. The van der Waals surface area contributed by atoms with Gasteiger partial charge in [-0.1, -0.05) is 0 Å². The number of hydrogen-bond donors (Lipinski definition) is 2. The quantitative estimate of drug-likeness (QED) is 0.853. The van der Waals surface area contributed by atoms with Gasteiger partial charge in [-0.3, -0.25) is 9.97 Å². The molecule has 138 valence electrons. The zero-order chi connectivity index (χ0) is 19.3. The molecule has 0 aromatic carbocycles. The van der Waals surface area contributed by atoms with Crippen LogP contribution in [0.3, 0.4) is 0 Å². The number of carbonyl (C=O) groups is 2. The Morgan fingerprint density at radius 2 is 1.77 bits per heavy atom. The van der Waals surface area contributed by atoms with E-state index in [9.17, 15) is 14.7 Å². The Balaban J connectivity index is 2.15. The summed E-state index contributed by atoms with van der Waals surface area (Å²) >= 11 is 0. The lowest BCUT2D eigenvalue weighted by molar-refractivity contribution is -0.139. The highest BCUT2D eigenvalue weighted by atomic mass is 16.6. The molecule has 2 N–H and O–H groups in total. The van der Waals surface area contributed by atoms with E-state index in [1.54, 1.807) is 45.3 Å². The molecule has 1 atom stereocenters. The molecule has 0 radical (unpaired) electrons. The minimum absolute atomic E-state index is 0.107. The first-order valence-corrected chi connectivity index (χ1v) is 8.24. The number of pyridine rings is 2. The average molecular weight is 357 g/mol. The summed E-state index contributed by atoms with van der Waals surface area (Å²) < 4.78 is 5.13. The number of carboxylic acid groups (broad SMARTS) is 1. The van der Waals surface area contributed by atoms with Crippen LogP contribution in [-0.2, 0) is 16.0 Å². The third kappa shape index (κ3) is 5.84. The second-order valence-corrected chi connectivity index (χ2v) is 7.01. The molecule has 26 heavy (non-hydrogen) atoms. The molecular weight excluding hydrogens is 334 g/mol. The predicted octanol–water partition coefficient (Wildman–Crippen LogP) is 2.97. The highest BCUT2D eigenvalue weighted by molar-refractivity contribution is 5.80. The van der Waals surface area contributed by atoms with Gasteiger partial charge in [-0.2, -0.15) is 0 Å². The van der Waals surface area contributed by atoms with Gasteiger partial charge in [0.1, 0.15) is 11.6 Å². The van der Waals surface area contributed by atoms with Gasteiger partial charge < -0.3 is 15.2 Å². The van der Waals surface area contributed by atoms with E-state index in [0.29, 0.717) is 11.4 Å². The standard InChI is InChI=1S/C19H23N3O4/c1-12-5-7-20-14(9-12)15-10-13(6-8-21-15)11-16(17(23)24)22-18(25)26-19(2,3)4/h5-10,16H,11H2,1-4H3,(H,22,25)(H,23,24)/t16-/m0/s1. The van der Waals surface area contributed by atoms with E-state index in [0.717, 1.165) is 11.1 Å². The van der Waals surface area contributed by atoms with Crippen LogP contribution in [-0.4, -0.2) is 38.8 Å². The van der Waals surface area contributed by atoms with Crippen LogP contribution in [0.25, 0.3) is 11.4 Å². The van der Waals surface area contributed by atoms with Crippen LogP contribution in [0.1, 0.15) is 31.9 Å². The second kappa shape index (κ2) is 7.95. The summed E-state index contributed by atoms with van der Waals surface area (Å²) in [7, 11) is 0. The lowest BCUT2D eigenvalue weighted by Crippen LogP contribution is -2.44. The molecule has 7 heteroatoms. The van der Waals surface area contributed by atoms with Crippen molar-refractivity contribution in [1.82, 2.24) is 15.3 Å². The molecule has 2 aromatic rings. The number of alkyl carbamates (subject to hydrolysis) is 1. The van der Waals surface area contributed by atoms with Gasteiger partial charge in [-0.25, -0.2) is 9.59 Å². The average Bonchev–Trinajstić information content (AvgIpc) is 2.52. The first kappa shape index (κ1) is 19.4. The van der Waals surface area contributed by atoms with Gasteiger partial charge in [0, 0.05) is 18.8 Å². The number of nitrogens with zero attached hydrogens (tertiary/aromatic N) is 2. The first-order chi connectivity index (χ1) is 12.1. The number of carboxylic acids is 1. The Morgan fingerprint density at radius 3 is 2.35 bits per heavy atom. The van der Waals surface area contributed by atoms with Crippen molar-refractivity contribution in [2.45, 2.75) is 45.8 Å². The smallest absolute Gasteiger partial charge is 0.408 e. The summed E-state index contributed by atoms with van der Waals surface area (Å²) in [4.78, 5) is 32.0. The minimum Gasteiger partial charge on any atom is -0.480 e. The maximum absolute atomic E-state index is 11.9. The highest BCUT2D eigenvalue weighted by Crippen LogP contribution is 2.17. The summed E-state index contributed by atoms with van der Waals surface area (Å²) in [5.41, 5.74) is 2.43. The van der Waals surface area contributed by atoms with Gasteiger partial charge in [0.15, 0.2) is 0 Å². The fourth-order valence-electron chi connectivity index (χ4n) is 2.30. The van der Waals surface area contributed by atoms with E-state index in [2.05, 4.69) is 15.3 Å². The van der Waals surface area contributed by atoms with Gasteiger partial charge >= 0.3 is 12.1 Å². The number of hydrogen-bond acceptors (Lipinski definition) is 5. The largest absolute Gasteiger partial charge is 0.480 e. The van der Waals surface area contributed by atoms with Crippen LogP contribution >= 0.6 is 0 Å². The molecule has 0 bridgehead atoms. The third-order valence-corrected chi connectivity index (χ3v) is 3.43. The summed E-state index contributed by atoms with van der Waals surface area (Å²) in [6.07, 6.45) is 2.64. The van der Waals surface area contributed by atoms with Crippen LogP contribution in [0.5, 0.6) is 0 Å². The van der Waals surface area contributed by atoms with Gasteiger partial charge in [0.2, 0.25) is 0 Å². The van der Waals surface area contributed by atoms with Crippen molar-refractivity contribution in [3.8, 4) is 11.4 Å². The summed E-state index contributed by atoms with van der Waals surface area (Å²) in [6.45, 7) is 7.10. The van der Waals surface area contributed by atoms with Crippen LogP contribution in [0.15, 0.2) is 36.7 Å². The van der Waals surface area contributed by atoms with E-state index >= 15 is 0 Å². The van der Waals surface area contributed by atoms with Crippen molar-refractivity contribution in [1.29, 1.82) is 0 Å². The Labute approximate surface area is 152 Å². The molecule has 1 amide bonds. The van der Waals surface area contributed by atoms with Crippen molar-refractivity contribution in [2.75, 3.05) is 0 Å². The van der Waals surface area contributed by atoms with E-state index in [4.69, 9.17) is 4.74 Å². The Hall–Kier alpha value is -2.96. The van der Waals surface area contributed by atoms with Gasteiger partial charge in [-0.15, -0.1) is 0 Å². The molecule has 7 nitrogen and oxygen atoms in total. The van der Waals surface area contributed by atoms with Gasteiger partial charge in [-0.05, 0) is 63.1 Å². The molecule has 0 aliphatic rings. The van der Waals surface area contributed by atoms with E-state index in [-0.39, 0.29) is 6.42 Å². The lowest BCUT2D eigenvalue weighted by atomic mass is 10.1. The summed E-state index contributed by atoms with van der Waals surface area (Å²) in [5.74, 6) is -1.14. The topological polar surface area (TPSA) is 101 Å². The van der Waals surface area contributed by atoms with Gasteiger partial charge in [0.05, 0.1) is 11.4 Å². The molecule has 0 aliphatic heterocycles. The van der Waals surface area contributed by atoms with Crippen molar-refractivity contribution < 1.29 is 19.4 Å². The Morgan fingerprint density at radius 1 is 1.15 bits per heavy atom. The van der Waals surface area contributed by atoms with Crippen molar-refractivity contribution >= 4 is 12.1 Å². The number of nitrogens with one attached hydrogen (secondary N) is 1. The molecule has 2 aromatic heterocycles. The number of aliphatic carboxylic acids is 1. The zero-order valence-electron chi connectivity index (χ0n) is 15.3. The van der Waals surface area contributed by atoms with Crippen molar-refractivity contribution in [3.63, 3.8) is 0 Å². The van der Waals surface area contributed by atoms with Crippen LogP contribution in [0.4, 0.5) is 4.79 Å². The van der Waals surface area contributed by atoms with Crippen LogP contribution in [0.2, 0.25) is 0 Å². The number of rotatable bonds is 5. The Kier molecular flexibility index (Phi) is 5.92. The number of aryl methyl sites for hydroxylation is 1. The lowest BCUT2D eigenvalue weighted by Gasteiger charge is -2.22. The zero-order valence-corrected chi connectivity index (χ0v) is 15.3. The fraction of sp³-hybridized carbons (Fsp3) is 0.368. The molecule has 0 saturated carbocycles. The minimum atomic E-state index is -1.14. The van der Waals surface area contributed by atoms with Crippen LogP contribution < -0.4 is 5.32 Å². The summed E-state index contributed by atoms with van der Waals surface area (Å²) in [5, 5.41) is 11.8. The van der Waals surface area contributed by atoms with Crippen molar-refractivity contribution in [3.05, 3.63) is 47.8 Å². The Bertz CT molecular complexity index is 799. The molecule has 2 rings (SSSR count). The van der Waals surface area contributed by atoms with Gasteiger partial charge in [0.25, 0.3) is 0 Å². The third-order valence-electron chi connectivity index (χ3n) is 3.43. The van der Waals surface area contributed by atoms with E-state index in [1.807, 2.05) is 19.1 Å². The number of ether oxygens (including phenoxy) is 1. The monoisotopic (exact) mass is 357 g/mol. The molecule has 0 spiro atoms.